The quantitative estimate of drug-likeness (QED) is 0.851. The number of piperidine rings is 1. The maximum Gasteiger partial charge on any atom is 0.410 e. The third kappa shape index (κ3) is 3.46. The van der Waals surface area contributed by atoms with Crippen molar-refractivity contribution in [3.05, 3.63) is 35.9 Å². The second-order valence-corrected chi connectivity index (χ2v) is 5.53. The summed E-state index contributed by atoms with van der Waals surface area (Å²) in [7, 11) is 0. The monoisotopic (exact) mass is 313 g/mol. The van der Waals surface area contributed by atoms with Gasteiger partial charge in [-0.05, 0) is 12.0 Å². The lowest BCUT2D eigenvalue weighted by Gasteiger charge is -2.32. The van der Waals surface area contributed by atoms with Gasteiger partial charge in [0.05, 0.1) is 10.9 Å². The lowest BCUT2D eigenvalue weighted by atomic mass is 10.1. The number of benzene rings is 1. The molecule has 98 valence electrons. The Balaban J connectivity index is 1.82. The molecule has 1 fully saturated rings. The van der Waals surface area contributed by atoms with Crippen molar-refractivity contribution in [2.45, 2.75) is 24.0 Å². The first-order valence-electron chi connectivity index (χ1n) is 5.94. The number of hydrogen-bond acceptors (Lipinski definition) is 3. The van der Waals surface area contributed by atoms with Crippen LogP contribution < -0.4 is 0 Å². The van der Waals surface area contributed by atoms with Gasteiger partial charge in [0, 0.05) is 13.1 Å². The van der Waals surface area contributed by atoms with Gasteiger partial charge in [0.1, 0.15) is 6.61 Å². The number of amides is 1. The summed E-state index contributed by atoms with van der Waals surface area (Å²) in [5.41, 5.74) is 0.971. The van der Waals surface area contributed by atoms with Crippen molar-refractivity contribution >= 4 is 22.0 Å². The van der Waals surface area contributed by atoms with Crippen molar-refractivity contribution in [1.82, 2.24) is 4.90 Å². The van der Waals surface area contributed by atoms with Crippen LogP contribution in [0.25, 0.3) is 0 Å². The smallest absolute Gasteiger partial charge is 0.410 e. The van der Waals surface area contributed by atoms with E-state index in [4.69, 9.17) is 4.74 Å². The van der Waals surface area contributed by atoms with E-state index in [9.17, 15) is 9.90 Å². The number of aliphatic hydroxyl groups excluding tert-OH is 1. The van der Waals surface area contributed by atoms with Crippen LogP contribution in [0, 0.1) is 0 Å². The number of aliphatic hydroxyl groups is 1. The summed E-state index contributed by atoms with van der Waals surface area (Å²) >= 11 is 3.36. The minimum atomic E-state index is -0.386. The highest BCUT2D eigenvalue weighted by Gasteiger charge is 2.29. The molecule has 0 saturated carbocycles. The molecule has 0 bridgehead atoms. The van der Waals surface area contributed by atoms with Crippen LogP contribution in [0.15, 0.2) is 30.3 Å². The number of hydrogen-bond donors (Lipinski definition) is 1. The Kier molecular flexibility index (Phi) is 4.60. The maximum absolute atomic E-state index is 11.8. The average molecular weight is 314 g/mol. The molecule has 0 radical (unpaired) electrons. The van der Waals surface area contributed by atoms with Gasteiger partial charge < -0.3 is 14.7 Å². The van der Waals surface area contributed by atoms with Gasteiger partial charge in [-0.3, -0.25) is 0 Å². The molecule has 5 heteroatoms. The van der Waals surface area contributed by atoms with Crippen molar-refractivity contribution in [2.24, 2.45) is 0 Å². The molecule has 2 atom stereocenters. The van der Waals surface area contributed by atoms with Gasteiger partial charge in [-0.15, -0.1) is 0 Å². The second kappa shape index (κ2) is 6.20. The fraction of sp³-hybridized carbons (Fsp3) is 0.462. The lowest BCUT2D eigenvalue weighted by molar-refractivity contribution is 0.0607. The highest BCUT2D eigenvalue weighted by Crippen LogP contribution is 2.18. The van der Waals surface area contributed by atoms with Crippen LogP contribution in [0.2, 0.25) is 0 Å². The number of rotatable bonds is 2. The van der Waals surface area contributed by atoms with Gasteiger partial charge in [0.2, 0.25) is 0 Å². The van der Waals surface area contributed by atoms with E-state index >= 15 is 0 Å². The van der Waals surface area contributed by atoms with Crippen molar-refractivity contribution in [2.75, 3.05) is 13.1 Å². The first kappa shape index (κ1) is 13.4. The minimum Gasteiger partial charge on any atom is -0.445 e. The Bertz CT molecular complexity index is 398. The number of ether oxygens (including phenoxy) is 1. The normalized spacial score (nSPS) is 23.8. The van der Waals surface area contributed by atoms with Gasteiger partial charge >= 0.3 is 6.09 Å². The Hall–Kier alpha value is -1.07. The molecule has 18 heavy (non-hydrogen) atoms. The Morgan fingerprint density at radius 2 is 2.17 bits per heavy atom. The first-order valence-corrected chi connectivity index (χ1v) is 6.86. The molecule has 1 saturated heterocycles. The summed E-state index contributed by atoms with van der Waals surface area (Å²) in [4.78, 5) is 13.4. The molecule has 1 heterocycles. The van der Waals surface area contributed by atoms with Crippen LogP contribution in [0.3, 0.4) is 0 Å². The number of carbonyl (C=O) groups excluding carboxylic acids is 1. The first-order chi connectivity index (χ1) is 8.66. The number of halogens is 1. The van der Waals surface area contributed by atoms with Crippen molar-refractivity contribution < 1.29 is 14.6 Å². The van der Waals surface area contributed by atoms with Gasteiger partial charge in [-0.2, -0.15) is 0 Å². The van der Waals surface area contributed by atoms with Crippen LogP contribution in [0.4, 0.5) is 4.79 Å². The molecule has 4 nitrogen and oxygen atoms in total. The predicted molar refractivity (Wildman–Crippen MR) is 71.5 cm³/mol. The molecular formula is C13H16BrNO3. The number of likely N-dealkylation sites (tertiary alicyclic amines) is 1. The zero-order chi connectivity index (χ0) is 13.0. The summed E-state index contributed by atoms with van der Waals surface area (Å²) in [6.07, 6.45) is -0.130. The molecule has 1 N–H and O–H groups in total. The maximum atomic E-state index is 11.8. The molecule has 1 aliphatic heterocycles. The van der Waals surface area contributed by atoms with E-state index in [0.29, 0.717) is 19.5 Å². The van der Waals surface area contributed by atoms with Crippen molar-refractivity contribution in [3.63, 3.8) is 0 Å². The second-order valence-electron chi connectivity index (χ2n) is 4.36. The lowest BCUT2D eigenvalue weighted by Crippen LogP contribution is -2.46. The average Bonchev–Trinajstić information content (AvgIpc) is 2.40. The third-order valence-corrected chi connectivity index (χ3v) is 3.87. The molecule has 1 amide bonds. The summed E-state index contributed by atoms with van der Waals surface area (Å²) in [6, 6.07) is 9.58. The van der Waals surface area contributed by atoms with E-state index in [-0.39, 0.29) is 23.6 Å². The molecule has 0 aliphatic carbocycles. The summed E-state index contributed by atoms with van der Waals surface area (Å²) in [5, 5.41) is 9.56. The molecule has 1 aromatic rings. The van der Waals surface area contributed by atoms with E-state index in [1.807, 2.05) is 30.3 Å². The van der Waals surface area contributed by atoms with E-state index in [2.05, 4.69) is 15.9 Å². The highest BCUT2D eigenvalue weighted by molar-refractivity contribution is 9.09. The topological polar surface area (TPSA) is 49.8 Å². The van der Waals surface area contributed by atoms with Crippen molar-refractivity contribution in [1.29, 1.82) is 0 Å². The third-order valence-electron chi connectivity index (χ3n) is 2.97. The van der Waals surface area contributed by atoms with Crippen LogP contribution >= 0.6 is 15.9 Å². The van der Waals surface area contributed by atoms with E-state index in [1.54, 1.807) is 4.90 Å². The van der Waals surface area contributed by atoms with Crippen LogP contribution in [0.1, 0.15) is 12.0 Å². The van der Waals surface area contributed by atoms with Crippen LogP contribution in [-0.4, -0.2) is 40.1 Å². The summed E-state index contributed by atoms with van der Waals surface area (Å²) < 4.78 is 5.24. The van der Waals surface area contributed by atoms with Gasteiger partial charge in [-0.1, -0.05) is 46.3 Å². The fourth-order valence-corrected chi connectivity index (χ4v) is 2.48. The van der Waals surface area contributed by atoms with E-state index in [0.717, 1.165) is 5.56 Å². The molecular weight excluding hydrogens is 298 g/mol. The Morgan fingerprint density at radius 3 is 2.83 bits per heavy atom. The highest BCUT2D eigenvalue weighted by atomic mass is 79.9. The molecule has 1 aliphatic rings. The molecule has 0 spiro atoms. The molecule has 0 aromatic heterocycles. The SMILES string of the molecule is O=C(OCc1ccccc1)N1CC[C@H](O)[C@@H](Br)C1. The Labute approximate surface area is 115 Å². The number of alkyl halides is 1. The van der Waals surface area contributed by atoms with Crippen LogP contribution in [0.5, 0.6) is 0 Å². The number of carbonyl (C=O) groups is 1. The molecule has 2 rings (SSSR count). The Morgan fingerprint density at radius 1 is 1.44 bits per heavy atom. The molecule has 1 aromatic carbocycles. The van der Waals surface area contributed by atoms with Gasteiger partial charge in [0.15, 0.2) is 0 Å². The fourth-order valence-electron chi connectivity index (χ4n) is 1.87. The summed E-state index contributed by atoms with van der Waals surface area (Å²) in [5.74, 6) is 0. The van der Waals surface area contributed by atoms with E-state index < -0.39 is 0 Å². The molecule has 0 unspecified atom stereocenters. The van der Waals surface area contributed by atoms with Gasteiger partial charge in [0.25, 0.3) is 0 Å². The largest absolute Gasteiger partial charge is 0.445 e. The van der Waals surface area contributed by atoms with Crippen molar-refractivity contribution in [3.8, 4) is 0 Å². The number of nitrogens with zero attached hydrogens (tertiary/aromatic N) is 1. The summed E-state index contributed by atoms with van der Waals surface area (Å²) in [6.45, 7) is 1.30. The minimum absolute atomic E-state index is 0.0736. The zero-order valence-corrected chi connectivity index (χ0v) is 11.5. The zero-order valence-electron chi connectivity index (χ0n) is 9.96. The van der Waals surface area contributed by atoms with Gasteiger partial charge in [-0.25, -0.2) is 4.79 Å². The standard InChI is InChI=1S/C13H16BrNO3/c14-11-8-15(7-6-12(11)16)13(17)18-9-10-4-2-1-3-5-10/h1-5,11-12,16H,6-9H2/t11-,12-/m0/s1. The van der Waals surface area contributed by atoms with Crippen LogP contribution in [-0.2, 0) is 11.3 Å². The predicted octanol–water partition coefficient (Wildman–Crippen LogP) is 2.15. The van der Waals surface area contributed by atoms with E-state index in [1.165, 1.54) is 0 Å².